The molecule has 13 heteroatoms. The van der Waals surface area contributed by atoms with Crippen molar-refractivity contribution in [2.45, 2.75) is 50.3 Å². The van der Waals surface area contributed by atoms with Gasteiger partial charge in [-0.1, -0.05) is 0 Å². The molecule has 4 aromatic heterocycles. The van der Waals surface area contributed by atoms with Crippen molar-refractivity contribution in [3.05, 3.63) is 76.3 Å². The van der Waals surface area contributed by atoms with Gasteiger partial charge in [-0.3, -0.25) is 14.4 Å². The van der Waals surface area contributed by atoms with E-state index in [1.807, 2.05) is 23.2 Å². The van der Waals surface area contributed by atoms with Crippen molar-refractivity contribution in [2.24, 2.45) is 23.5 Å². The number of hydrogen-bond donors (Lipinski definition) is 2. The maximum atomic E-state index is 14.0. The summed E-state index contributed by atoms with van der Waals surface area (Å²) in [4.78, 5) is 55.2. The molecule has 3 atom stereocenters. The number of pyridine rings is 2. The van der Waals surface area contributed by atoms with Crippen molar-refractivity contribution in [1.82, 2.24) is 33.9 Å². The van der Waals surface area contributed by atoms with E-state index in [1.165, 1.54) is 25.1 Å². The highest BCUT2D eigenvalue weighted by Gasteiger charge is 2.54. The van der Waals surface area contributed by atoms with Crippen molar-refractivity contribution in [3.8, 4) is 17.3 Å². The molecule has 49 heavy (non-hydrogen) atoms. The Labute approximate surface area is 283 Å². The number of amides is 2. The number of imidazole rings is 1. The minimum Gasteiger partial charge on any atom is -0.494 e. The second-order valence-electron chi connectivity index (χ2n) is 14.4. The molecule has 2 aliphatic heterocycles. The number of ether oxygens (including phenoxy) is 1. The first kappa shape index (κ1) is 30.2. The molecular formula is C36H37BN8O4. The number of methoxy groups -OCH3 is 1. The first-order chi connectivity index (χ1) is 23.7. The van der Waals surface area contributed by atoms with Crippen LogP contribution in [0.15, 0.2) is 59.7 Å². The van der Waals surface area contributed by atoms with Gasteiger partial charge in [0.15, 0.2) is 5.82 Å². The molecule has 4 aliphatic rings. The number of carbonyl (C=O) groups is 2. The highest BCUT2D eigenvalue weighted by atomic mass is 16.5. The monoisotopic (exact) mass is 656 g/mol. The fourth-order valence-electron chi connectivity index (χ4n) is 8.33. The van der Waals surface area contributed by atoms with Crippen LogP contribution in [0.25, 0.3) is 33.6 Å². The number of benzene rings is 1. The molecule has 2 bridgehead atoms. The largest absolute Gasteiger partial charge is 0.494 e. The number of aromatic nitrogens is 5. The zero-order chi connectivity index (χ0) is 33.6. The van der Waals surface area contributed by atoms with Gasteiger partial charge in [0.25, 0.3) is 11.8 Å². The molecule has 1 aromatic carbocycles. The summed E-state index contributed by atoms with van der Waals surface area (Å²) < 4.78 is 10.5. The van der Waals surface area contributed by atoms with Crippen molar-refractivity contribution >= 4 is 41.7 Å². The number of fused-ring (bicyclic) bond motifs is 4. The first-order valence-corrected chi connectivity index (χ1v) is 17.1. The summed E-state index contributed by atoms with van der Waals surface area (Å²) in [5, 5.41) is 1.04. The number of H-pyrrole nitrogens is 1. The van der Waals surface area contributed by atoms with Gasteiger partial charge in [-0.15, -0.1) is 0 Å². The van der Waals surface area contributed by atoms with Gasteiger partial charge in [-0.05, 0) is 73.9 Å². The number of nitrogens with one attached hydrogen (secondary N) is 1. The quantitative estimate of drug-likeness (QED) is 0.245. The smallest absolute Gasteiger partial charge is 0.254 e. The number of aromatic amines is 1. The summed E-state index contributed by atoms with van der Waals surface area (Å²) in [6, 6.07) is 12.6. The Bertz CT molecular complexity index is 2210. The van der Waals surface area contributed by atoms with Gasteiger partial charge in [0.05, 0.1) is 26.2 Å². The maximum absolute atomic E-state index is 14.0. The van der Waals surface area contributed by atoms with Crippen LogP contribution in [0.4, 0.5) is 0 Å². The van der Waals surface area contributed by atoms with E-state index in [0.29, 0.717) is 54.5 Å². The predicted octanol–water partition coefficient (Wildman–Crippen LogP) is 2.99. The van der Waals surface area contributed by atoms with Gasteiger partial charge in [0, 0.05) is 85.1 Å². The zero-order valence-electron chi connectivity index (χ0n) is 27.3. The second-order valence-corrected chi connectivity index (χ2v) is 14.4. The first-order valence-electron chi connectivity index (χ1n) is 17.1. The van der Waals surface area contributed by atoms with Crippen LogP contribution in [0.2, 0.25) is 0 Å². The Balaban J connectivity index is 1.12. The van der Waals surface area contributed by atoms with Crippen LogP contribution in [-0.4, -0.2) is 91.8 Å². The molecule has 2 radical (unpaired) electrons. The molecule has 12 nitrogen and oxygen atoms in total. The third kappa shape index (κ3) is 4.88. The van der Waals surface area contributed by atoms with E-state index in [9.17, 15) is 14.4 Å². The lowest BCUT2D eigenvalue weighted by atomic mass is 9.71. The van der Waals surface area contributed by atoms with E-state index in [-0.39, 0.29) is 35.3 Å². The summed E-state index contributed by atoms with van der Waals surface area (Å²) in [6.07, 6.45) is 7.41. The number of hydrogen-bond acceptors (Lipinski definition) is 7. The Kier molecular flexibility index (Phi) is 6.81. The van der Waals surface area contributed by atoms with Crippen molar-refractivity contribution in [2.75, 3.05) is 26.7 Å². The minimum atomic E-state index is -0.879. The summed E-state index contributed by atoms with van der Waals surface area (Å²) in [6.45, 7) is 3.03. The molecule has 2 amide bonds. The van der Waals surface area contributed by atoms with Gasteiger partial charge in [-0.25, -0.2) is 9.97 Å². The fraction of sp³-hybridized carbons (Fsp3) is 0.417. The average molecular weight is 657 g/mol. The summed E-state index contributed by atoms with van der Waals surface area (Å²) in [7, 11) is 8.10. The van der Waals surface area contributed by atoms with E-state index in [0.717, 1.165) is 47.5 Å². The second kappa shape index (κ2) is 11.1. The number of rotatable bonds is 8. The molecule has 2 saturated carbocycles. The van der Waals surface area contributed by atoms with Gasteiger partial charge >= 0.3 is 0 Å². The maximum Gasteiger partial charge on any atom is 0.254 e. The van der Waals surface area contributed by atoms with E-state index in [4.69, 9.17) is 28.3 Å². The number of nitrogens with zero attached hydrogens (tertiary/aromatic N) is 6. The van der Waals surface area contributed by atoms with E-state index >= 15 is 0 Å². The number of carbonyl (C=O) groups excluding carboxylic acids is 2. The van der Waals surface area contributed by atoms with Crippen molar-refractivity contribution in [3.63, 3.8) is 0 Å². The normalized spacial score (nSPS) is 23.5. The van der Waals surface area contributed by atoms with Crippen LogP contribution in [0.3, 0.4) is 0 Å². The van der Waals surface area contributed by atoms with Crippen LogP contribution in [0.1, 0.15) is 46.4 Å². The molecule has 2 saturated heterocycles. The lowest BCUT2D eigenvalue weighted by molar-refractivity contribution is 0.0471. The molecule has 4 fully saturated rings. The predicted molar refractivity (Wildman–Crippen MR) is 184 cm³/mol. The molecular weight excluding hydrogens is 619 g/mol. The average Bonchev–Trinajstić information content (AvgIpc) is 3.54. The Morgan fingerprint density at radius 3 is 2.53 bits per heavy atom. The lowest BCUT2D eigenvalue weighted by Crippen LogP contribution is -2.52. The van der Waals surface area contributed by atoms with Gasteiger partial charge < -0.3 is 34.4 Å². The van der Waals surface area contributed by atoms with Crippen LogP contribution >= 0.6 is 0 Å². The molecule has 2 unspecified atom stereocenters. The van der Waals surface area contributed by atoms with Gasteiger partial charge in [0.2, 0.25) is 5.56 Å². The van der Waals surface area contributed by atoms with Crippen LogP contribution in [0.5, 0.6) is 5.75 Å². The molecule has 2 aliphatic carbocycles. The number of piperidine rings is 1. The van der Waals surface area contributed by atoms with E-state index < -0.39 is 5.44 Å². The van der Waals surface area contributed by atoms with Gasteiger partial charge in [0.1, 0.15) is 16.9 Å². The topological polar surface area (TPSA) is 144 Å². The third-order valence-electron chi connectivity index (χ3n) is 11.1. The Hall–Kier alpha value is -4.91. The molecule has 3 N–H and O–H groups in total. The molecule has 248 valence electrons. The zero-order valence-corrected chi connectivity index (χ0v) is 27.3. The van der Waals surface area contributed by atoms with Crippen molar-refractivity contribution in [1.29, 1.82) is 0 Å². The molecule has 5 aromatic rings. The summed E-state index contributed by atoms with van der Waals surface area (Å²) in [5.74, 6) is 1.84. The summed E-state index contributed by atoms with van der Waals surface area (Å²) >= 11 is 0. The van der Waals surface area contributed by atoms with Crippen LogP contribution < -0.4 is 16.0 Å². The lowest BCUT2D eigenvalue weighted by Gasteiger charge is -2.39. The van der Waals surface area contributed by atoms with Crippen molar-refractivity contribution < 1.29 is 14.3 Å². The molecule has 9 rings (SSSR count). The Morgan fingerprint density at radius 2 is 1.82 bits per heavy atom. The SMILES string of the molecule is [B][C@]1(N)C2CCC1N(C(=O)c1cc(OC)c3c(c1)nc(-c1cc4cccnc4n1CC1CC1)n3CC1CN(C(=O)c3cc[nH]c(=O)c3)C1)C2. The van der Waals surface area contributed by atoms with Crippen LogP contribution in [-0.2, 0) is 13.1 Å². The standard InChI is InChI=1S/C36H37BN8O4/c1-49-28-13-24(35(48)44-19-25-6-7-29(44)36(25,37)38)11-26-31(28)45(18-21-15-42(16-21)34(47)23-8-10-39-30(46)14-23)33(41-26)27-12-22-3-2-9-40-32(22)43(27)17-20-4-5-20/h2-3,8-14,20-21,25,29H,4-7,15-19,38H2,1H3,(H,39,46)/t25?,29?,36-/m0/s1. The molecule has 0 spiro atoms. The highest BCUT2D eigenvalue weighted by molar-refractivity contribution is 6.17. The van der Waals surface area contributed by atoms with E-state index in [1.54, 1.807) is 24.1 Å². The minimum absolute atomic E-state index is 0.0800. The number of nitrogens with two attached hydrogens (primary N) is 1. The molecule has 6 heterocycles. The fourth-order valence-corrected chi connectivity index (χ4v) is 8.33. The number of likely N-dealkylation sites (tertiary alicyclic amines) is 2. The summed E-state index contributed by atoms with van der Waals surface area (Å²) in [5.41, 5.74) is 9.48. The van der Waals surface area contributed by atoms with Gasteiger partial charge in [-0.2, -0.15) is 0 Å². The Morgan fingerprint density at radius 1 is 1.00 bits per heavy atom. The van der Waals surface area contributed by atoms with E-state index in [2.05, 4.69) is 26.3 Å². The highest BCUT2D eigenvalue weighted by Crippen LogP contribution is 2.44. The third-order valence-corrected chi connectivity index (χ3v) is 11.1. The van der Waals surface area contributed by atoms with Crippen LogP contribution in [0, 0.1) is 17.8 Å².